The highest BCUT2D eigenvalue weighted by atomic mass is 35.5. The maximum Gasteiger partial charge on any atom is 0.265 e. The van der Waals surface area contributed by atoms with Gasteiger partial charge in [-0.25, -0.2) is 8.42 Å². The molecular weight excluding hydrogens is 395 g/mol. The molecule has 2 aromatic carbocycles. The molecule has 3 rings (SSSR count). The molecule has 8 heteroatoms. The third-order valence-corrected chi connectivity index (χ3v) is 6.54. The molecule has 140 valence electrons. The predicted octanol–water partition coefficient (Wildman–Crippen LogP) is 4.72. The van der Waals surface area contributed by atoms with Gasteiger partial charge in [0.05, 0.1) is 16.4 Å². The quantitative estimate of drug-likeness (QED) is 0.759. The van der Waals surface area contributed by atoms with Crippen molar-refractivity contribution in [1.82, 2.24) is 0 Å². The van der Waals surface area contributed by atoms with Gasteiger partial charge in [0.15, 0.2) is 5.75 Å². The van der Waals surface area contributed by atoms with E-state index < -0.39 is 15.8 Å². The van der Waals surface area contributed by atoms with Crippen LogP contribution in [0, 0.1) is 13.8 Å². The molecule has 1 heterocycles. The minimum absolute atomic E-state index is 0.113. The van der Waals surface area contributed by atoms with Crippen LogP contribution >= 0.6 is 23.2 Å². The van der Waals surface area contributed by atoms with Crippen molar-refractivity contribution in [2.75, 3.05) is 22.7 Å². The van der Waals surface area contributed by atoms with Crippen LogP contribution in [-0.2, 0) is 10.0 Å². The molecule has 1 aliphatic rings. The molecule has 1 saturated heterocycles. The highest BCUT2D eigenvalue weighted by Gasteiger charge is 2.25. The number of hydrogen-bond acceptors (Lipinski definition) is 4. The maximum absolute atomic E-state index is 12.9. The van der Waals surface area contributed by atoms with Gasteiger partial charge in [0, 0.05) is 18.1 Å². The van der Waals surface area contributed by atoms with Gasteiger partial charge < -0.3 is 10.0 Å². The summed E-state index contributed by atoms with van der Waals surface area (Å²) in [6.07, 6.45) is 2.15. The summed E-state index contributed by atoms with van der Waals surface area (Å²) in [5.41, 5.74) is 3.47. The Morgan fingerprint density at radius 3 is 2.42 bits per heavy atom. The van der Waals surface area contributed by atoms with Crippen LogP contribution in [0.3, 0.4) is 0 Å². The molecule has 1 fully saturated rings. The average molecular weight is 415 g/mol. The monoisotopic (exact) mass is 414 g/mol. The van der Waals surface area contributed by atoms with E-state index in [1.165, 1.54) is 12.1 Å². The molecular formula is C18H20Cl2N2O3S. The van der Waals surface area contributed by atoms with Crippen LogP contribution in [0.2, 0.25) is 10.0 Å². The number of halogens is 2. The maximum atomic E-state index is 12.9. The van der Waals surface area contributed by atoms with E-state index in [1.807, 2.05) is 19.9 Å². The SMILES string of the molecule is Cc1ccc(NS(=O)(=O)c2cc(Cl)cc(Cl)c2O)c(N2CCCC2)c1C. The van der Waals surface area contributed by atoms with Crippen LogP contribution < -0.4 is 9.62 Å². The Kier molecular flexibility index (Phi) is 5.28. The fraction of sp³-hybridized carbons (Fsp3) is 0.333. The van der Waals surface area contributed by atoms with Crippen LogP contribution in [0.4, 0.5) is 11.4 Å². The molecule has 0 unspecified atom stereocenters. The van der Waals surface area contributed by atoms with E-state index >= 15 is 0 Å². The minimum atomic E-state index is -4.07. The number of phenols is 1. The van der Waals surface area contributed by atoms with Crippen LogP contribution in [-0.4, -0.2) is 26.6 Å². The Balaban J connectivity index is 2.07. The van der Waals surface area contributed by atoms with Crippen molar-refractivity contribution in [3.8, 4) is 5.75 Å². The smallest absolute Gasteiger partial charge is 0.265 e. The van der Waals surface area contributed by atoms with E-state index in [2.05, 4.69) is 9.62 Å². The second-order valence-corrected chi connectivity index (χ2v) is 8.93. The lowest BCUT2D eigenvalue weighted by Crippen LogP contribution is -2.22. The fourth-order valence-electron chi connectivity index (χ4n) is 3.18. The Hall–Kier alpha value is -1.63. The summed E-state index contributed by atoms with van der Waals surface area (Å²) >= 11 is 11.8. The Morgan fingerprint density at radius 1 is 1.12 bits per heavy atom. The van der Waals surface area contributed by atoms with Gasteiger partial charge in [-0.2, -0.15) is 0 Å². The van der Waals surface area contributed by atoms with Crippen LogP contribution in [0.1, 0.15) is 24.0 Å². The first kappa shape index (κ1) is 19.1. The molecule has 0 aromatic heterocycles. The molecule has 0 aliphatic carbocycles. The Bertz CT molecular complexity index is 955. The van der Waals surface area contributed by atoms with Crippen molar-refractivity contribution in [1.29, 1.82) is 0 Å². The normalized spacial score (nSPS) is 14.7. The molecule has 0 saturated carbocycles. The molecule has 1 aliphatic heterocycles. The standard InChI is InChI=1S/C18H20Cl2N2O3S/c1-11-5-6-15(17(12(11)2)22-7-3-4-8-22)21-26(24,25)16-10-13(19)9-14(20)18(16)23/h5-6,9-10,21,23H,3-4,7-8H2,1-2H3. The van der Waals surface area contributed by atoms with E-state index in [4.69, 9.17) is 23.2 Å². The zero-order valence-corrected chi connectivity index (χ0v) is 16.8. The number of rotatable bonds is 4. The molecule has 0 bridgehead atoms. The average Bonchev–Trinajstić information content (AvgIpc) is 3.08. The molecule has 0 spiro atoms. The van der Waals surface area contributed by atoms with Gasteiger partial charge in [0.25, 0.3) is 10.0 Å². The lowest BCUT2D eigenvalue weighted by molar-refractivity contribution is 0.459. The van der Waals surface area contributed by atoms with Crippen LogP contribution in [0.5, 0.6) is 5.75 Å². The number of anilines is 2. The number of aryl methyl sites for hydroxylation is 1. The minimum Gasteiger partial charge on any atom is -0.505 e. The number of nitrogens with zero attached hydrogens (tertiary/aromatic N) is 1. The third-order valence-electron chi connectivity index (χ3n) is 4.65. The van der Waals surface area contributed by atoms with Crippen molar-refractivity contribution in [3.63, 3.8) is 0 Å². The molecule has 5 nitrogen and oxygen atoms in total. The van der Waals surface area contributed by atoms with Gasteiger partial charge in [-0.1, -0.05) is 29.3 Å². The van der Waals surface area contributed by atoms with E-state index in [-0.39, 0.29) is 14.9 Å². The highest BCUT2D eigenvalue weighted by molar-refractivity contribution is 7.92. The van der Waals surface area contributed by atoms with Gasteiger partial charge in [-0.15, -0.1) is 0 Å². The lowest BCUT2D eigenvalue weighted by atomic mass is 10.1. The first-order chi connectivity index (χ1) is 12.2. The number of benzene rings is 2. The predicted molar refractivity (Wildman–Crippen MR) is 106 cm³/mol. The second-order valence-electron chi connectivity index (χ2n) is 6.44. The van der Waals surface area contributed by atoms with Crippen molar-refractivity contribution in [3.05, 3.63) is 45.4 Å². The fourth-order valence-corrected chi connectivity index (χ4v) is 5.00. The number of nitrogens with one attached hydrogen (secondary N) is 1. The number of hydrogen-bond donors (Lipinski definition) is 2. The van der Waals surface area contributed by atoms with Crippen LogP contribution in [0.15, 0.2) is 29.2 Å². The van der Waals surface area contributed by atoms with Crippen LogP contribution in [0.25, 0.3) is 0 Å². The summed E-state index contributed by atoms with van der Waals surface area (Å²) in [5, 5.41) is 10.1. The van der Waals surface area contributed by atoms with Gasteiger partial charge >= 0.3 is 0 Å². The first-order valence-corrected chi connectivity index (χ1v) is 10.5. The molecule has 0 atom stereocenters. The van der Waals surface area contributed by atoms with E-state index in [0.29, 0.717) is 5.69 Å². The number of sulfonamides is 1. The molecule has 26 heavy (non-hydrogen) atoms. The third kappa shape index (κ3) is 3.59. The molecule has 0 radical (unpaired) electrons. The Morgan fingerprint density at radius 2 is 1.77 bits per heavy atom. The molecule has 2 aromatic rings. The van der Waals surface area contributed by atoms with Gasteiger partial charge in [-0.3, -0.25) is 4.72 Å². The molecule has 2 N–H and O–H groups in total. The summed E-state index contributed by atoms with van der Waals surface area (Å²) < 4.78 is 28.4. The van der Waals surface area contributed by atoms with E-state index in [9.17, 15) is 13.5 Å². The van der Waals surface area contributed by atoms with Crippen molar-refractivity contribution in [2.24, 2.45) is 0 Å². The van der Waals surface area contributed by atoms with Gasteiger partial charge in [0.2, 0.25) is 0 Å². The Labute approximate surface area is 163 Å². The zero-order chi connectivity index (χ0) is 19.1. The summed E-state index contributed by atoms with van der Waals surface area (Å²) in [4.78, 5) is 1.84. The summed E-state index contributed by atoms with van der Waals surface area (Å²) in [6, 6.07) is 6.10. The summed E-state index contributed by atoms with van der Waals surface area (Å²) in [6.45, 7) is 5.74. The van der Waals surface area contributed by atoms with E-state index in [0.717, 1.165) is 42.7 Å². The molecule has 0 amide bonds. The number of aromatic hydroxyl groups is 1. The summed E-state index contributed by atoms with van der Waals surface area (Å²) in [5.74, 6) is -0.518. The van der Waals surface area contributed by atoms with Crippen molar-refractivity contribution < 1.29 is 13.5 Å². The second kappa shape index (κ2) is 7.18. The van der Waals surface area contributed by atoms with Gasteiger partial charge in [0.1, 0.15) is 4.90 Å². The first-order valence-electron chi connectivity index (χ1n) is 8.26. The lowest BCUT2D eigenvalue weighted by Gasteiger charge is -2.25. The zero-order valence-electron chi connectivity index (χ0n) is 14.5. The highest BCUT2D eigenvalue weighted by Crippen LogP contribution is 2.38. The number of phenolic OH excluding ortho intramolecular Hbond substituents is 1. The van der Waals surface area contributed by atoms with Crippen molar-refractivity contribution in [2.45, 2.75) is 31.6 Å². The summed E-state index contributed by atoms with van der Waals surface area (Å²) in [7, 11) is -4.07. The largest absolute Gasteiger partial charge is 0.505 e. The topological polar surface area (TPSA) is 69.6 Å². The van der Waals surface area contributed by atoms with E-state index in [1.54, 1.807) is 6.07 Å². The van der Waals surface area contributed by atoms with Crippen molar-refractivity contribution >= 4 is 44.6 Å². The van der Waals surface area contributed by atoms with Gasteiger partial charge in [-0.05, 0) is 56.0 Å².